The summed E-state index contributed by atoms with van der Waals surface area (Å²) in [5.74, 6) is 2.31. The van der Waals surface area contributed by atoms with Crippen molar-refractivity contribution in [1.82, 2.24) is 0 Å². The molecular weight excluding hydrogens is 228 g/mol. The first-order valence-electron chi connectivity index (χ1n) is 5.14. The Labute approximate surface area is 106 Å². The lowest BCUT2D eigenvalue weighted by atomic mass is 9.73. The molecule has 0 saturated carbocycles. The highest BCUT2D eigenvalue weighted by molar-refractivity contribution is 7.10. The van der Waals surface area contributed by atoms with Gasteiger partial charge in [0.1, 0.15) is 0 Å². The van der Waals surface area contributed by atoms with E-state index in [1.165, 1.54) is 11.3 Å². The Bertz CT molecular complexity index is 480. The van der Waals surface area contributed by atoms with Crippen LogP contribution >= 0.6 is 11.3 Å². The highest BCUT2D eigenvalue weighted by Gasteiger charge is 2.39. The summed E-state index contributed by atoms with van der Waals surface area (Å²) in [6, 6.07) is 8.05. The van der Waals surface area contributed by atoms with E-state index in [0.717, 1.165) is 4.88 Å². The van der Waals surface area contributed by atoms with E-state index >= 15 is 0 Å². The number of terminal acetylenes is 1. The zero-order valence-electron chi connectivity index (χ0n) is 9.39. The molecule has 1 heterocycles. The number of hydrogen-bond acceptors (Lipinski definition) is 3. The number of nitriles is 2. The average molecular weight is 240 g/mol. The van der Waals surface area contributed by atoms with Crippen molar-refractivity contribution in [3.05, 3.63) is 35.0 Å². The molecule has 0 spiro atoms. The van der Waals surface area contributed by atoms with Gasteiger partial charge < -0.3 is 0 Å². The van der Waals surface area contributed by atoms with Gasteiger partial charge in [0.15, 0.2) is 5.41 Å². The normalized spacial score (nSPS) is 11.8. The summed E-state index contributed by atoms with van der Waals surface area (Å²) in [4.78, 5) is 0.980. The summed E-state index contributed by atoms with van der Waals surface area (Å²) in [5, 5.41) is 20.6. The first kappa shape index (κ1) is 13.0. The Morgan fingerprint density at radius 3 is 2.65 bits per heavy atom. The van der Waals surface area contributed by atoms with E-state index in [1.54, 1.807) is 6.08 Å². The number of rotatable bonds is 5. The van der Waals surface area contributed by atoms with Crippen LogP contribution in [0.5, 0.6) is 0 Å². The Morgan fingerprint density at radius 1 is 1.53 bits per heavy atom. The lowest BCUT2D eigenvalue weighted by Gasteiger charge is -2.25. The smallest absolute Gasteiger partial charge is 0.155 e. The van der Waals surface area contributed by atoms with E-state index < -0.39 is 5.41 Å². The summed E-state index contributed by atoms with van der Waals surface area (Å²) in [5.41, 5.74) is -1.11. The van der Waals surface area contributed by atoms with Crippen molar-refractivity contribution in [2.75, 3.05) is 0 Å². The molecule has 0 aliphatic carbocycles. The first-order valence-corrected chi connectivity index (χ1v) is 6.02. The molecule has 1 aromatic rings. The maximum absolute atomic E-state index is 9.32. The summed E-state index contributed by atoms with van der Waals surface area (Å²) in [7, 11) is 0. The van der Waals surface area contributed by atoms with Gasteiger partial charge in [-0.1, -0.05) is 12.1 Å². The van der Waals surface area contributed by atoms with Gasteiger partial charge in [0.25, 0.3) is 0 Å². The van der Waals surface area contributed by atoms with Crippen LogP contribution in [-0.4, -0.2) is 0 Å². The molecule has 17 heavy (non-hydrogen) atoms. The Balaban J connectivity index is 3.22. The molecule has 3 heteroatoms. The van der Waals surface area contributed by atoms with Crippen LogP contribution in [0.2, 0.25) is 0 Å². The van der Waals surface area contributed by atoms with Gasteiger partial charge in [0, 0.05) is 17.2 Å². The lowest BCUT2D eigenvalue weighted by molar-refractivity contribution is 0.424. The zero-order valence-corrected chi connectivity index (χ0v) is 10.2. The van der Waals surface area contributed by atoms with Crippen molar-refractivity contribution in [1.29, 1.82) is 10.5 Å². The minimum absolute atomic E-state index is 0.250. The van der Waals surface area contributed by atoms with E-state index in [-0.39, 0.29) is 5.92 Å². The third-order valence-electron chi connectivity index (χ3n) is 2.67. The minimum Gasteiger partial charge on any atom is -0.197 e. The van der Waals surface area contributed by atoms with Crippen molar-refractivity contribution < 1.29 is 0 Å². The number of thiophene rings is 1. The van der Waals surface area contributed by atoms with Gasteiger partial charge in [-0.2, -0.15) is 10.5 Å². The molecule has 0 aromatic carbocycles. The summed E-state index contributed by atoms with van der Waals surface area (Å²) in [6.07, 6.45) is 7.66. The molecule has 84 valence electrons. The molecule has 1 rings (SSSR count). The summed E-state index contributed by atoms with van der Waals surface area (Å²) in [6.45, 7) is 3.61. The molecule has 0 amide bonds. The molecule has 0 bridgehead atoms. The van der Waals surface area contributed by atoms with Crippen molar-refractivity contribution in [3.63, 3.8) is 0 Å². The predicted molar refractivity (Wildman–Crippen MR) is 69.0 cm³/mol. The summed E-state index contributed by atoms with van der Waals surface area (Å²) >= 11 is 1.52. The van der Waals surface area contributed by atoms with E-state index in [2.05, 4.69) is 24.6 Å². The maximum Gasteiger partial charge on any atom is 0.155 e. The molecule has 0 saturated heterocycles. The van der Waals surface area contributed by atoms with E-state index in [4.69, 9.17) is 6.42 Å². The second kappa shape index (κ2) is 5.90. The van der Waals surface area contributed by atoms with E-state index in [0.29, 0.717) is 12.8 Å². The highest BCUT2D eigenvalue weighted by atomic mass is 32.1. The average Bonchev–Trinajstić information content (AvgIpc) is 2.87. The van der Waals surface area contributed by atoms with Crippen molar-refractivity contribution in [2.45, 2.75) is 18.8 Å². The van der Waals surface area contributed by atoms with Gasteiger partial charge in [-0.3, -0.25) is 0 Å². The van der Waals surface area contributed by atoms with Crippen LogP contribution in [0.4, 0.5) is 0 Å². The van der Waals surface area contributed by atoms with E-state index in [1.807, 2.05) is 17.5 Å². The number of nitrogens with zero attached hydrogens (tertiary/aromatic N) is 2. The van der Waals surface area contributed by atoms with Gasteiger partial charge in [0.2, 0.25) is 0 Å². The quantitative estimate of drug-likeness (QED) is 0.584. The third kappa shape index (κ3) is 2.56. The number of hydrogen-bond donors (Lipinski definition) is 0. The molecule has 0 aliphatic heterocycles. The molecule has 1 aromatic heterocycles. The fourth-order valence-electron chi connectivity index (χ4n) is 1.77. The molecule has 1 unspecified atom stereocenters. The molecular formula is C14H12N2S. The molecule has 0 radical (unpaired) electrons. The lowest BCUT2D eigenvalue weighted by Crippen LogP contribution is -2.24. The van der Waals surface area contributed by atoms with Gasteiger partial charge in [-0.15, -0.1) is 30.3 Å². The van der Waals surface area contributed by atoms with Crippen LogP contribution in [-0.2, 0) is 0 Å². The van der Waals surface area contributed by atoms with Gasteiger partial charge in [-0.05, 0) is 17.9 Å². The molecule has 2 nitrogen and oxygen atoms in total. The standard InChI is InChI=1S/C14H12N2S/c1-3-6-12(13-7-5-9-17-13)14(10-15,11-16)8-4-2/h1,4-5,7,9,12H,2,6,8H2. The Kier molecular flexibility index (Phi) is 4.53. The molecule has 1 atom stereocenters. The second-order valence-corrected chi connectivity index (χ2v) is 4.64. The zero-order chi connectivity index (χ0) is 12.7. The first-order chi connectivity index (χ1) is 8.24. The van der Waals surface area contributed by atoms with Crippen LogP contribution in [0.1, 0.15) is 23.6 Å². The van der Waals surface area contributed by atoms with Crippen LogP contribution < -0.4 is 0 Å². The topological polar surface area (TPSA) is 47.6 Å². The van der Waals surface area contributed by atoms with Crippen molar-refractivity contribution in [2.24, 2.45) is 5.41 Å². The monoisotopic (exact) mass is 240 g/mol. The van der Waals surface area contributed by atoms with Crippen LogP contribution in [0.25, 0.3) is 0 Å². The second-order valence-electron chi connectivity index (χ2n) is 3.66. The molecule has 0 N–H and O–H groups in total. The predicted octanol–water partition coefficient (Wildman–Crippen LogP) is 3.46. The Hall–Kier alpha value is -2.02. The van der Waals surface area contributed by atoms with E-state index in [9.17, 15) is 10.5 Å². The van der Waals surface area contributed by atoms with Crippen LogP contribution in [0.3, 0.4) is 0 Å². The Morgan fingerprint density at radius 2 is 2.24 bits per heavy atom. The van der Waals surface area contributed by atoms with Gasteiger partial charge in [-0.25, -0.2) is 0 Å². The van der Waals surface area contributed by atoms with Crippen LogP contribution in [0, 0.1) is 40.4 Å². The fraction of sp³-hybridized carbons (Fsp3) is 0.286. The largest absolute Gasteiger partial charge is 0.197 e. The maximum atomic E-state index is 9.32. The number of allylic oxidation sites excluding steroid dienone is 1. The SMILES string of the molecule is C#CCC(c1cccs1)C(C#N)(C#N)CC=C. The van der Waals surface area contributed by atoms with Crippen molar-refractivity contribution >= 4 is 11.3 Å². The van der Waals surface area contributed by atoms with Gasteiger partial charge in [0.05, 0.1) is 12.1 Å². The van der Waals surface area contributed by atoms with Gasteiger partial charge >= 0.3 is 0 Å². The molecule has 0 fully saturated rings. The third-order valence-corrected chi connectivity index (χ3v) is 3.65. The van der Waals surface area contributed by atoms with Crippen LogP contribution in [0.15, 0.2) is 30.2 Å². The van der Waals surface area contributed by atoms with Crippen molar-refractivity contribution in [3.8, 4) is 24.5 Å². The fourth-order valence-corrected chi connectivity index (χ4v) is 2.69. The molecule has 0 aliphatic rings. The summed E-state index contributed by atoms with van der Waals surface area (Å²) < 4.78 is 0. The minimum atomic E-state index is -1.11. The highest BCUT2D eigenvalue weighted by Crippen LogP contribution is 2.42.